The van der Waals surface area contributed by atoms with Gasteiger partial charge in [0.2, 0.25) is 5.91 Å². The summed E-state index contributed by atoms with van der Waals surface area (Å²) in [7, 11) is 1.63. The van der Waals surface area contributed by atoms with Crippen LogP contribution in [0.4, 0.5) is 5.69 Å². The van der Waals surface area contributed by atoms with Crippen LogP contribution in [0.2, 0.25) is 10.2 Å². The van der Waals surface area contributed by atoms with Crippen LogP contribution in [0.3, 0.4) is 0 Å². The van der Waals surface area contributed by atoms with Crippen molar-refractivity contribution in [2.75, 3.05) is 11.9 Å². The Morgan fingerprint density at radius 3 is 2.78 bits per heavy atom. The Labute approximate surface area is 114 Å². The number of hydrogen-bond acceptors (Lipinski definition) is 3. The van der Waals surface area contributed by atoms with E-state index in [9.17, 15) is 4.79 Å². The summed E-state index contributed by atoms with van der Waals surface area (Å²) in [6.07, 6.45) is 4.79. The third-order valence-corrected chi connectivity index (χ3v) is 3.07. The van der Waals surface area contributed by atoms with Crippen LogP contribution in [0, 0.1) is 0 Å². The molecule has 1 amide bonds. The van der Waals surface area contributed by atoms with Crippen molar-refractivity contribution < 1.29 is 4.79 Å². The number of halogens is 2. The standard InChI is InChI=1S/C11H10Cl2N4O/c1-7(18)16(2)10-6-17(15-11(10)13)9-5-14-4-3-8(9)12/h3-6H,1-2H3. The van der Waals surface area contributed by atoms with Crippen LogP contribution >= 0.6 is 23.2 Å². The fourth-order valence-corrected chi connectivity index (χ4v) is 1.85. The van der Waals surface area contributed by atoms with Crippen molar-refractivity contribution in [1.29, 1.82) is 0 Å². The average Bonchev–Trinajstić information content (AvgIpc) is 2.70. The molecule has 5 nitrogen and oxygen atoms in total. The minimum absolute atomic E-state index is 0.131. The number of carbonyl (C=O) groups is 1. The van der Waals surface area contributed by atoms with Crippen LogP contribution < -0.4 is 4.90 Å². The first kappa shape index (κ1) is 12.9. The number of nitrogens with zero attached hydrogens (tertiary/aromatic N) is 4. The summed E-state index contributed by atoms with van der Waals surface area (Å²) < 4.78 is 1.49. The highest BCUT2D eigenvalue weighted by atomic mass is 35.5. The lowest BCUT2D eigenvalue weighted by Crippen LogP contribution is -2.22. The highest BCUT2D eigenvalue weighted by molar-refractivity contribution is 6.33. The second-order valence-corrected chi connectivity index (χ2v) is 4.42. The van der Waals surface area contributed by atoms with Gasteiger partial charge in [-0.25, -0.2) is 4.68 Å². The van der Waals surface area contributed by atoms with Crippen LogP contribution in [0.1, 0.15) is 6.92 Å². The summed E-state index contributed by atoms with van der Waals surface area (Å²) in [5.74, 6) is -0.131. The van der Waals surface area contributed by atoms with E-state index in [0.717, 1.165) is 0 Å². The topological polar surface area (TPSA) is 51.0 Å². The maximum absolute atomic E-state index is 11.3. The third-order valence-electron chi connectivity index (χ3n) is 2.48. The van der Waals surface area contributed by atoms with E-state index in [-0.39, 0.29) is 11.1 Å². The van der Waals surface area contributed by atoms with Crippen molar-refractivity contribution in [3.63, 3.8) is 0 Å². The molecule has 2 aromatic rings. The first-order valence-corrected chi connectivity index (χ1v) is 5.85. The monoisotopic (exact) mass is 284 g/mol. The lowest BCUT2D eigenvalue weighted by Gasteiger charge is -2.11. The number of aromatic nitrogens is 3. The smallest absolute Gasteiger partial charge is 0.223 e. The Morgan fingerprint density at radius 1 is 1.44 bits per heavy atom. The van der Waals surface area contributed by atoms with Crippen molar-refractivity contribution in [3.8, 4) is 5.69 Å². The molecule has 0 N–H and O–H groups in total. The number of rotatable bonds is 2. The Balaban J connectivity index is 2.47. The fourth-order valence-electron chi connectivity index (χ4n) is 1.40. The first-order valence-electron chi connectivity index (χ1n) is 5.10. The Kier molecular flexibility index (Phi) is 3.54. The van der Waals surface area contributed by atoms with Gasteiger partial charge in [0.05, 0.1) is 17.4 Å². The molecular formula is C11H10Cl2N4O. The van der Waals surface area contributed by atoms with Crippen molar-refractivity contribution in [1.82, 2.24) is 14.8 Å². The van der Waals surface area contributed by atoms with Crippen LogP contribution in [-0.4, -0.2) is 27.7 Å². The zero-order valence-electron chi connectivity index (χ0n) is 9.76. The maximum Gasteiger partial charge on any atom is 0.223 e. The number of pyridine rings is 1. The molecule has 2 rings (SSSR count). The van der Waals surface area contributed by atoms with E-state index in [1.165, 1.54) is 16.5 Å². The van der Waals surface area contributed by atoms with Gasteiger partial charge < -0.3 is 4.90 Å². The van der Waals surface area contributed by atoms with Crippen LogP contribution in [0.5, 0.6) is 0 Å². The van der Waals surface area contributed by atoms with Crippen LogP contribution in [0.25, 0.3) is 5.69 Å². The van der Waals surface area contributed by atoms with Gasteiger partial charge in [-0.3, -0.25) is 9.78 Å². The molecule has 0 aromatic carbocycles. The van der Waals surface area contributed by atoms with Gasteiger partial charge in [0.1, 0.15) is 11.4 Å². The molecule has 0 unspecified atom stereocenters. The second-order valence-electron chi connectivity index (χ2n) is 3.65. The number of amides is 1. The highest BCUT2D eigenvalue weighted by Gasteiger charge is 2.15. The van der Waals surface area contributed by atoms with E-state index in [1.54, 1.807) is 31.7 Å². The van der Waals surface area contributed by atoms with Gasteiger partial charge in [0.25, 0.3) is 0 Å². The molecule has 2 heterocycles. The summed E-state index contributed by atoms with van der Waals surface area (Å²) >= 11 is 12.0. The third kappa shape index (κ3) is 2.32. The molecule has 0 fully saturated rings. The van der Waals surface area contributed by atoms with Crippen molar-refractivity contribution in [2.45, 2.75) is 6.92 Å². The first-order chi connectivity index (χ1) is 8.50. The molecule has 0 aliphatic rings. The molecule has 0 saturated heterocycles. The van der Waals surface area contributed by atoms with E-state index < -0.39 is 0 Å². The summed E-state index contributed by atoms with van der Waals surface area (Å²) in [6.45, 7) is 1.45. The van der Waals surface area contributed by atoms with E-state index >= 15 is 0 Å². The summed E-state index contributed by atoms with van der Waals surface area (Å²) in [5, 5.41) is 4.84. The van der Waals surface area contributed by atoms with E-state index in [4.69, 9.17) is 23.2 Å². The minimum Gasteiger partial charge on any atom is -0.312 e. The van der Waals surface area contributed by atoms with E-state index in [1.807, 2.05) is 0 Å². The van der Waals surface area contributed by atoms with Crippen molar-refractivity contribution >= 4 is 34.8 Å². The van der Waals surface area contributed by atoms with Gasteiger partial charge in [0.15, 0.2) is 5.15 Å². The van der Waals surface area contributed by atoms with E-state index in [2.05, 4.69) is 10.1 Å². The van der Waals surface area contributed by atoms with Crippen molar-refractivity contribution in [2.24, 2.45) is 0 Å². The zero-order valence-corrected chi connectivity index (χ0v) is 11.3. The number of carbonyl (C=O) groups excluding carboxylic acids is 1. The number of anilines is 1. The quantitative estimate of drug-likeness (QED) is 0.852. The normalized spacial score (nSPS) is 10.4. The SMILES string of the molecule is CC(=O)N(C)c1cn(-c2cnccc2Cl)nc1Cl. The number of hydrogen-bond donors (Lipinski definition) is 0. The lowest BCUT2D eigenvalue weighted by molar-refractivity contribution is -0.116. The minimum atomic E-state index is -0.131. The lowest BCUT2D eigenvalue weighted by atomic mass is 10.4. The summed E-state index contributed by atoms with van der Waals surface area (Å²) in [6, 6.07) is 1.65. The summed E-state index contributed by atoms with van der Waals surface area (Å²) in [5.41, 5.74) is 1.12. The van der Waals surface area contributed by atoms with Gasteiger partial charge in [-0.2, -0.15) is 5.10 Å². The molecule has 0 aliphatic heterocycles. The molecule has 0 bridgehead atoms. The van der Waals surface area contributed by atoms with Crippen LogP contribution in [-0.2, 0) is 4.79 Å². The molecule has 94 valence electrons. The zero-order chi connectivity index (χ0) is 13.3. The Morgan fingerprint density at radius 2 is 2.17 bits per heavy atom. The Hall–Kier alpha value is -1.59. The van der Waals surface area contributed by atoms with Crippen molar-refractivity contribution in [3.05, 3.63) is 34.8 Å². The molecule has 0 radical (unpaired) electrons. The van der Waals surface area contributed by atoms with Gasteiger partial charge >= 0.3 is 0 Å². The maximum atomic E-state index is 11.3. The summed E-state index contributed by atoms with van der Waals surface area (Å²) in [4.78, 5) is 16.7. The molecule has 0 saturated carbocycles. The Bertz CT molecular complexity index is 596. The molecule has 18 heavy (non-hydrogen) atoms. The largest absolute Gasteiger partial charge is 0.312 e. The molecule has 0 aliphatic carbocycles. The molecule has 7 heteroatoms. The fraction of sp³-hybridized carbons (Fsp3) is 0.182. The predicted molar refractivity (Wildman–Crippen MR) is 70.5 cm³/mol. The molecule has 2 aromatic heterocycles. The van der Waals surface area contributed by atoms with Gasteiger partial charge in [-0.15, -0.1) is 0 Å². The molecule has 0 atom stereocenters. The van der Waals surface area contributed by atoms with Gasteiger partial charge in [-0.05, 0) is 6.07 Å². The van der Waals surface area contributed by atoms with Crippen LogP contribution in [0.15, 0.2) is 24.7 Å². The second kappa shape index (κ2) is 4.96. The molecular weight excluding hydrogens is 275 g/mol. The predicted octanol–water partition coefficient (Wildman–Crippen LogP) is 2.56. The van der Waals surface area contributed by atoms with Gasteiger partial charge in [-0.1, -0.05) is 23.2 Å². The van der Waals surface area contributed by atoms with Gasteiger partial charge in [0, 0.05) is 20.2 Å². The highest BCUT2D eigenvalue weighted by Crippen LogP contribution is 2.27. The average molecular weight is 285 g/mol. The molecule has 0 spiro atoms. The van der Waals surface area contributed by atoms with E-state index in [0.29, 0.717) is 16.4 Å².